The van der Waals surface area contributed by atoms with E-state index in [0.29, 0.717) is 11.5 Å². The Balaban J connectivity index is 1.84. The second kappa shape index (κ2) is 7.07. The van der Waals surface area contributed by atoms with Crippen LogP contribution in [0, 0.1) is 0 Å². The Morgan fingerprint density at radius 1 is 0.846 bits per heavy atom. The van der Waals surface area contributed by atoms with Crippen LogP contribution in [0.25, 0.3) is 17.5 Å². The molecular weight excluding hydrogens is 322 g/mol. The monoisotopic (exact) mass is 339 g/mol. The number of rotatable bonds is 4. The summed E-state index contributed by atoms with van der Waals surface area (Å²) in [5, 5.41) is 15.0. The number of hydrogen-bond acceptors (Lipinski definition) is 3. The Labute approximate surface area is 151 Å². The summed E-state index contributed by atoms with van der Waals surface area (Å²) in [6, 6.07) is 27.3. The highest BCUT2D eigenvalue weighted by Gasteiger charge is 2.14. The lowest BCUT2D eigenvalue weighted by atomic mass is 10.00. The Bertz CT molecular complexity index is 1020. The van der Waals surface area contributed by atoms with E-state index < -0.39 is 0 Å². The summed E-state index contributed by atoms with van der Waals surface area (Å²) in [5.41, 5.74) is 3.71. The molecule has 0 aliphatic carbocycles. The minimum atomic E-state index is 0.0496. The lowest BCUT2D eigenvalue weighted by Gasteiger charge is -2.06. The molecule has 0 bridgehead atoms. The summed E-state index contributed by atoms with van der Waals surface area (Å²) >= 11 is 0. The van der Waals surface area contributed by atoms with Crippen LogP contribution in [0.2, 0.25) is 0 Å². The van der Waals surface area contributed by atoms with Crippen LogP contribution in [0.1, 0.15) is 16.8 Å². The van der Waals surface area contributed by atoms with Crippen molar-refractivity contribution in [3.05, 3.63) is 108 Å². The SMILES string of the molecule is Oc1cc(/C(=C\c2ccccc2)c2ccccc2)nn1-c1ccccn1. The second-order valence-corrected chi connectivity index (χ2v) is 5.82. The van der Waals surface area contributed by atoms with E-state index in [0.717, 1.165) is 16.7 Å². The Kier molecular flexibility index (Phi) is 4.31. The standard InChI is InChI=1S/C22H17N3O/c26-22-16-20(24-25(22)21-13-7-8-14-23-21)19(18-11-5-2-6-12-18)15-17-9-3-1-4-10-17/h1-16,26H/b19-15-. The first-order valence-electron chi connectivity index (χ1n) is 8.34. The highest BCUT2D eigenvalue weighted by molar-refractivity contribution is 5.90. The van der Waals surface area contributed by atoms with Crippen molar-refractivity contribution in [2.24, 2.45) is 0 Å². The summed E-state index contributed by atoms with van der Waals surface area (Å²) in [6.07, 6.45) is 3.74. The van der Waals surface area contributed by atoms with E-state index >= 15 is 0 Å². The van der Waals surface area contributed by atoms with Crippen molar-refractivity contribution in [3.8, 4) is 11.7 Å². The first-order chi connectivity index (χ1) is 12.8. The van der Waals surface area contributed by atoms with Gasteiger partial charge in [-0.05, 0) is 29.3 Å². The molecule has 0 amide bonds. The first kappa shape index (κ1) is 15.8. The largest absolute Gasteiger partial charge is 0.493 e. The molecule has 2 aromatic carbocycles. The smallest absolute Gasteiger partial charge is 0.216 e. The number of hydrogen-bond donors (Lipinski definition) is 1. The molecule has 4 heteroatoms. The van der Waals surface area contributed by atoms with Gasteiger partial charge in [-0.2, -0.15) is 9.78 Å². The van der Waals surface area contributed by atoms with Crippen LogP contribution < -0.4 is 0 Å². The minimum Gasteiger partial charge on any atom is -0.493 e. The maximum atomic E-state index is 10.4. The van der Waals surface area contributed by atoms with Gasteiger partial charge in [-0.25, -0.2) is 4.98 Å². The fourth-order valence-corrected chi connectivity index (χ4v) is 2.79. The summed E-state index contributed by atoms with van der Waals surface area (Å²) in [5.74, 6) is 0.622. The molecule has 0 aliphatic heterocycles. The van der Waals surface area contributed by atoms with Gasteiger partial charge in [0.05, 0.1) is 5.69 Å². The normalized spacial score (nSPS) is 11.5. The van der Waals surface area contributed by atoms with Crippen LogP contribution in [0.3, 0.4) is 0 Å². The van der Waals surface area contributed by atoms with Crippen LogP contribution in [0.4, 0.5) is 0 Å². The quantitative estimate of drug-likeness (QED) is 0.555. The van der Waals surface area contributed by atoms with Gasteiger partial charge >= 0.3 is 0 Å². The van der Waals surface area contributed by atoms with Gasteiger partial charge in [0.2, 0.25) is 5.88 Å². The van der Waals surface area contributed by atoms with Crippen LogP contribution in [0.5, 0.6) is 5.88 Å². The Morgan fingerprint density at radius 2 is 1.54 bits per heavy atom. The maximum absolute atomic E-state index is 10.4. The molecule has 0 fully saturated rings. The zero-order chi connectivity index (χ0) is 17.8. The van der Waals surface area contributed by atoms with E-state index in [9.17, 15) is 5.11 Å². The van der Waals surface area contributed by atoms with E-state index in [1.807, 2.05) is 72.8 Å². The van der Waals surface area contributed by atoms with Crippen LogP contribution in [-0.2, 0) is 0 Å². The van der Waals surface area contributed by atoms with E-state index in [4.69, 9.17) is 0 Å². The highest BCUT2D eigenvalue weighted by Crippen LogP contribution is 2.28. The van der Waals surface area contributed by atoms with Crippen LogP contribution in [0.15, 0.2) is 91.1 Å². The predicted octanol–water partition coefficient (Wildman–Crippen LogP) is 4.56. The van der Waals surface area contributed by atoms with Crippen molar-refractivity contribution in [1.29, 1.82) is 0 Å². The Hall–Kier alpha value is -3.66. The molecule has 0 saturated carbocycles. The molecule has 0 spiro atoms. The molecule has 0 aliphatic rings. The van der Waals surface area contributed by atoms with Gasteiger partial charge in [-0.1, -0.05) is 66.7 Å². The third-order valence-corrected chi connectivity index (χ3v) is 4.03. The highest BCUT2D eigenvalue weighted by atomic mass is 16.3. The molecule has 0 radical (unpaired) electrons. The number of benzene rings is 2. The Morgan fingerprint density at radius 3 is 2.23 bits per heavy atom. The van der Waals surface area contributed by atoms with Gasteiger partial charge in [0, 0.05) is 17.8 Å². The van der Waals surface area contributed by atoms with Crippen molar-refractivity contribution < 1.29 is 5.11 Å². The van der Waals surface area contributed by atoms with Crippen molar-refractivity contribution in [2.45, 2.75) is 0 Å². The average molecular weight is 339 g/mol. The molecule has 2 heterocycles. The molecule has 0 saturated heterocycles. The fraction of sp³-hybridized carbons (Fsp3) is 0. The fourth-order valence-electron chi connectivity index (χ4n) is 2.79. The number of nitrogens with zero attached hydrogens (tertiary/aromatic N) is 3. The second-order valence-electron chi connectivity index (χ2n) is 5.82. The lowest BCUT2D eigenvalue weighted by molar-refractivity contribution is 0.432. The molecule has 1 N–H and O–H groups in total. The average Bonchev–Trinajstić information content (AvgIpc) is 3.09. The summed E-state index contributed by atoms with van der Waals surface area (Å²) in [4.78, 5) is 4.26. The van der Waals surface area contributed by atoms with Gasteiger partial charge in [0.25, 0.3) is 0 Å². The predicted molar refractivity (Wildman–Crippen MR) is 103 cm³/mol. The molecule has 0 unspecified atom stereocenters. The third-order valence-electron chi connectivity index (χ3n) is 4.03. The van der Waals surface area contributed by atoms with Crippen LogP contribution >= 0.6 is 0 Å². The summed E-state index contributed by atoms with van der Waals surface area (Å²) in [7, 11) is 0. The molecule has 4 nitrogen and oxygen atoms in total. The minimum absolute atomic E-state index is 0.0496. The van der Waals surface area contributed by atoms with Gasteiger partial charge in [-0.15, -0.1) is 0 Å². The van der Waals surface area contributed by atoms with E-state index in [1.165, 1.54) is 4.68 Å². The summed E-state index contributed by atoms with van der Waals surface area (Å²) in [6.45, 7) is 0. The van der Waals surface area contributed by atoms with Crippen molar-refractivity contribution >= 4 is 11.6 Å². The number of aromatic nitrogens is 3. The van der Waals surface area contributed by atoms with Crippen molar-refractivity contribution in [1.82, 2.24) is 14.8 Å². The zero-order valence-electron chi connectivity index (χ0n) is 14.0. The van der Waals surface area contributed by atoms with E-state index in [1.54, 1.807) is 18.3 Å². The first-order valence-corrected chi connectivity index (χ1v) is 8.34. The molecule has 126 valence electrons. The molecule has 4 rings (SSSR count). The van der Waals surface area contributed by atoms with E-state index in [-0.39, 0.29) is 5.88 Å². The third kappa shape index (κ3) is 3.26. The van der Waals surface area contributed by atoms with Gasteiger partial charge in [-0.3, -0.25) is 0 Å². The molecule has 2 aromatic heterocycles. The van der Waals surface area contributed by atoms with E-state index in [2.05, 4.69) is 16.2 Å². The topological polar surface area (TPSA) is 50.9 Å². The number of pyridine rings is 1. The maximum Gasteiger partial charge on any atom is 0.216 e. The van der Waals surface area contributed by atoms with Gasteiger partial charge in [0.1, 0.15) is 0 Å². The summed E-state index contributed by atoms with van der Waals surface area (Å²) < 4.78 is 1.44. The van der Waals surface area contributed by atoms with Crippen molar-refractivity contribution in [3.63, 3.8) is 0 Å². The van der Waals surface area contributed by atoms with Gasteiger partial charge in [0.15, 0.2) is 5.82 Å². The number of aromatic hydroxyl groups is 1. The van der Waals surface area contributed by atoms with Crippen molar-refractivity contribution in [2.75, 3.05) is 0 Å². The van der Waals surface area contributed by atoms with Crippen LogP contribution in [-0.4, -0.2) is 19.9 Å². The van der Waals surface area contributed by atoms with Gasteiger partial charge < -0.3 is 5.11 Å². The zero-order valence-corrected chi connectivity index (χ0v) is 14.0. The lowest BCUT2D eigenvalue weighted by Crippen LogP contribution is -1.99. The molecule has 26 heavy (non-hydrogen) atoms. The molecule has 4 aromatic rings. The molecular formula is C22H17N3O. The molecule has 0 atom stereocenters.